The van der Waals surface area contributed by atoms with Crippen LogP contribution in [0.25, 0.3) is 11.1 Å². The number of amides is 2. The maximum absolute atomic E-state index is 13.2. The molecule has 1 aliphatic heterocycles. The molecule has 0 bridgehead atoms. The quantitative estimate of drug-likeness (QED) is 0.660. The number of benzene rings is 2. The molecule has 2 aromatic rings. The van der Waals surface area contributed by atoms with E-state index in [1.54, 1.807) is 4.90 Å². The van der Waals surface area contributed by atoms with Gasteiger partial charge in [-0.1, -0.05) is 48.5 Å². The van der Waals surface area contributed by atoms with Gasteiger partial charge in [0.05, 0.1) is 0 Å². The third-order valence-corrected chi connectivity index (χ3v) is 6.75. The van der Waals surface area contributed by atoms with Crippen molar-refractivity contribution >= 4 is 18.0 Å². The van der Waals surface area contributed by atoms with Gasteiger partial charge in [0.1, 0.15) is 12.6 Å². The molecular weight excluding hydrogens is 420 g/mol. The minimum absolute atomic E-state index is 0.0188. The van der Waals surface area contributed by atoms with E-state index in [9.17, 15) is 14.4 Å². The second-order valence-electron chi connectivity index (χ2n) is 9.36. The molecule has 2 aliphatic rings. The van der Waals surface area contributed by atoms with Crippen molar-refractivity contribution in [3.8, 4) is 11.1 Å². The Balaban J connectivity index is 1.45. The zero-order valence-corrected chi connectivity index (χ0v) is 19.0. The summed E-state index contributed by atoms with van der Waals surface area (Å²) in [7, 11) is 0. The predicted molar refractivity (Wildman–Crippen MR) is 124 cm³/mol. The average Bonchev–Trinajstić information content (AvgIpc) is 3.31. The number of ether oxygens (including phenoxy) is 1. The van der Waals surface area contributed by atoms with Crippen molar-refractivity contribution in [1.82, 2.24) is 10.2 Å². The summed E-state index contributed by atoms with van der Waals surface area (Å²) in [6.07, 6.45) is 0.849. The van der Waals surface area contributed by atoms with E-state index in [2.05, 4.69) is 17.4 Å². The van der Waals surface area contributed by atoms with Crippen LogP contribution in [0.1, 0.15) is 56.6 Å². The predicted octanol–water partition coefficient (Wildman–Crippen LogP) is 4.16. The van der Waals surface area contributed by atoms with Crippen LogP contribution in [0.2, 0.25) is 0 Å². The van der Waals surface area contributed by atoms with E-state index < -0.39 is 18.1 Å². The third kappa shape index (κ3) is 4.72. The van der Waals surface area contributed by atoms with Gasteiger partial charge in [0.15, 0.2) is 0 Å². The van der Waals surface area contributed by atoms with Gasteiger partial charge in [0, 0.05) is 24.4 Å². The number of hydrogen-bond acceptors (Lipinski definition) is 4. The molecule has 1 fully saturated rings. The van der Waals surface area contributed by atoms with Crippen LogP contribution < -0.4 is 5.32 Å². The molecule has 2 N–H and O–H groups in total. The number of carboxylic acid groups (broad SMARTS) is 1. The number of aliphatic carboxylic acids is 1. The van der Waals surface area contributed by atoms with E-state index in [1.807, 2.05) is 50.2 Å². The SMILES string of the molecule is CC1(C)CCCN1C(=O)C(CCC(=O)O)NC(=O)OCC1c2ccccc2-c2ccccc21. The van der Waals surface area contributed by atoms with Gasteiger partial charge < -0.3 is 20.1 Å². The number of alkyl carbamates (subject to hydrolysis) is 1. The summed E-state index contributed by atoms with van der Waals surface area (Å²) >= 11 is 0. The Bertz CT molecular complexity index is 1020. The van der Waals surface area contributed by atoms with Crippen LogP contribution in [0, 0.1) is 0 Å². The van der Waals surface area contributed by atoms with Gasteiger partial charge in [-0.25, -0.2) is 4.79 Å². The van der Waals surface area contributed by atoms with E-state index in [4.69, 9.17) is 9.84 Å². The topological polar surface area (TPSA) is 95.9 Å². The van der Waals surface area contributed by atoms with Crippen molar-refractivity contribution in [3.05, 3.63) is 59.7 Å². The zero-order valence-electron chi connectivity index (χ0n) is 19.0. The number of hydrogen-bond donors (Lipinski definition) is 2. The second kappa shape index (κ2) is 9.25. The number of nitrogens with one attached hydrogen (secondary N) is 1. The molecule has 2 amide bonds. The van der Waals surface area contributed by atoms with Crippen molar-refractivity contribution in [2.24, 2.45) is 0 Å². The zero-order chi connectivity index (χ0) is 23.6. The molecule has 7 heteroatoms. The summed E-state index contributed by atoms with van der Waals surface area (Å²) in [5, 5.41) is 11.8. The fraction of sp³-hybridized carbons (Fsp3) is 0.423. The maximum Gasteiger partial charge on any atom is 0.407 e. The van der Waals surface area contributed by atoms with Crippen molar-refractivity contribution in [2.75, 3.05) is 13.2 Å². The highest BCUT2D eigenvalue weighted by molar-refractivity contribution is 5.87. The Labute approximate surface area is 193 Å². The highest BCUT2D eigenvalue weighted by Crippen LogP contribution is 2.44. The molecule has 0 saturated carbocycles. The van der Waals surface area contributed by atoms with E-state index in [1.165, 1.54) is 0 Å². The van der Waals surface area contributed by atoms with Gasteiger partial charge in [0.2, 0.25) is 5.91 Å². The first kappa shape index (κ1) is 22.8. The summed E-state index contributed by atoms with van der Waals surface area (Å²) in [5.74, 6) is -1.36. The summed E-state index contributed by atoms with van der Waals surface area (Å²) in [6.45, 7) is 4.70. The summed E-state index contributed by atoms with van der Waals surface area (Å²) in [4.78, 5) is 38.7. The largest absolute Gasteiger partial charge is 0.481 e. The van der Waals surface area contributed by atoms with Crippen molar-refractivity contribution in [2.45, 2.75) is 57.0 Å². The van der Waals surface area contributed by atoms with Crippen molar-refractivity contribution < 1.29 is 24.2 Å². The van der Waals surface area contributed by atoms with Gasteiger partial charge in [-0.3, -0.25) is 9.59 Å². The molecule has 1 saturated heterocycles. The molecule has 0 aromatic heterocycles. The number of carboxylic acids is 1. The molecule has 0 spiro atoms. The van der Waals surface area contributed by atoms with Gasteiger partial charge in [0.25, 0.3) is 0 Å². The third-order valence-electron chi connectivity index (χ3n) is 6.75. The Hall–Kier alpha value is -3.35. The monoisotopic (exact) mass is 450 g/mol. The summed E-state index contributed by atoms with van der Waals surface area (Å²) in [6, 6.07) is 15.2. The maximum atomic E-state index is 13.2. The highest BCUT2D eigenvalue weighted by Gasteiger charge is 2.39. The van der Waals surface area contributed by atoms with Crippen LogP contribution >= 0.6 is 0 Å². The van der Waals surface area contributed by atoms with Crippen LogP contribution in [-0.4, -0.2) is 52.7 Å². The smallest absolute Gasteiger partial charge is 0.407 e. The molecule has 1 heterocycles. The number of nitrogens with zero attached hydrogens (tertiary/aromatic N) is 1. The molecule has 2 aromatic carbocycles. The lowest BCUT2D eigenvalue weighted by Crippen LogP contribution is -2.53. The Kier molecular flexibility index (Phi) is 6.40. The Morgan fingerprint density at radius 2 is 1.70 bits per heavy atom. The number of likely N-dealkylation sites (tertiary alicyclic amines) is 1. The first-order valence-electron chi connectivity index (χ1n) is 11.4. The van der Waals surface area contributed by atoms with Crippen LogP contribution in [-0.2, 0) is 14.3 Å². The molecular formula is C26H30N2O5. The number of carbonyl (C=O) groups excluding carboxylic acids is 2. The average molecular weight is 451 g/mol. The van der Waals surface area contributed by atoms with Gasteiger partial charge >= 0.3 is 12.1 Å². The Morgan fingerprint density at radius 3 is 2.24 bits per heavy atom. The summed E-state index contributed by atoms with van der Waals surface area (Å²) < 4.78 is 5.57. The minimum Gasteiger partial charge on any atom is -0.481 e. The molecule has 0 radical (unpaired) electrons. The standard InChI is InChI=1S/C26H30N2O5/c1-26(2)14-7-15-28(26)24(31)22(12-13-23(29)30)27-25(32)33-16-21-19-10-5-3-8-17(19)18-9-4-6-11-20(18)21/h3-6,8-11,21-22H,7,12-16H2,1-2H3,(H,27,32)(H,29,30). The lowest BCUT2D eigenvalue weighted by atomic mass is 9.98. The number of rotatable bonds is 7. The van der Waals surface area contributed by atoms with Crippen molar-refractivity contribution in [1.29, 1.82) is 0 Å². The van der Waals surface area contributed by atoms with Crippen LogP contribution in [0.3, 0.4) is 0 Å². The molecule has 4 rings (SSSR count). The van der Waals surface area contributed by atoms with Crippen molar-refractivity contribution in [3.63, 3.8) is 0 Å². The molecule has 1 aliphatic carbocycles. The van der Waals surface area contributed by atoms with E-state index in [-0.39, 0.29) is 36.8 Å². The fourth-order valence-electron chi connectivity index (χ4n) is 5.01. The van der Waals surface area contributed by atoms with Gasteiger partial charge in [-0.15, -0.1) is 0 Å². The minimum atomic E-state index is -1.01. The molecule has 33 heavy (non-hydrogen) atoms. The summed E-state index contributed by atoms with van der Waals surface area (Å²) in [5.41, 5.74) is 4.15. The second-order valence-corrected chi connectivity index (χ2v) is 9.36. The van der Waals surface area contributed by atoms with Crippen LogP contribution in [0.5, 0.6) is 0 Å². The first-order chi connectivity index (χ1) is 15.8. The van der Waals surface area contributed by atoms with Crippen LogP contribution in [0.4, 0.5) is 4.79 Å². The number of carbonyl (C=O) groups is 3. The van der Waals surface area contributed by atoms with E-state index in [0.717, 1.165) is 35.1 Å². The number of fused-ring (bicyclic) bond motifs is 3. The first-order valence-corrected chi connectivity index (χ1v) is 11.4. The lowest BCUT2D eigenvalue weighted by molar-refractivity contribution is -0.139. The Morgan fingerprint density at radius 1 is 1.09 bits per heavy atom. The molecule has 1 atom stereocenters. The lowest BCUT2D eigenvalue weighted by Gasteiger charge is -2.34. The molecule has 7 nitrogen and oxygen atoms in total. The van der Waals surface area contributed by atoms with Crippen LogP contribution in [0.15, 0.2) is 48.5 Å². The fourth-order valence-corrected chi connectivity index (χ4v) is 5.01. The van der Waals surface area contributed by atoms with Gasteiger partial charge in [-0.05, 0) is 55.4 Å². The van der Waals surface area contributed by atoms with E-state index >= 15 is 0 Å². The molecule has 174 valence electrons. The normalized spacial score (nSPS) is 17.2. The van der Waals surface area contributed by atoms with Gasteiger partial charge in [-0.2, -0.15) is 0 Å². The van der Waals surface area contributed by atoms with E-state index in [0.29, 0.717) is 6.54 Å². The molecule has 1 unspecified atom stereocenters. The highest BCUT2D eigenvalue weighted by atomic mass is 16.5.